The van der Waals surface area contributed by atoms with E-state index in [0.29, 0.717) is 13.1 Å². The van der Waals surface area contributed by atoms with E-state index in [1.165, 1.54) is 5.57 Å². The third-order valence-electron chi connectivity index (χ3n) is 6.75. The Bertz CT molecular complexity index is 1670. The van der Waals surface area contributed by atoms with E-state index in [0.717, 1.165) is 50.8 Å². The van der Waals surface area contributed by atoms with Gasteiger partial charge in [-0.15, -0.1) is 0 Å². The van der Waals surface area contributed by atoms with Crippen molar-refractivity contribution in [3.63, 3.8) is 0 Å². The van der Waals surface area contributed by atoms with E-state index in [-0.39, 0.29) is 6.09 Å². The molecule has 1 aliphatic rings. The van der Waals surface area contributed by atoms with E-state index in [1.54, 1.807) is 4.90 Å². The Morgan fingerprint density at radius 3 is 2.45 bits per heavy atom. The van der Waals surface area contributed by atoms with Gasteiger partial charge in [0.2, 0.25) is 0 Å². The van der Waals surface area contributed by atoms with E-state index < -0.39 is 5.60 Å². The molecule has 0 radical (unpaired) electrons. The summed E-state index contributed by atoms with van der Waals surface area (Å²) in [5.41, 5.74) is 7.80. The summed E-state index contributed by atoms with van der Waals surface area (Å²) in [5, 5.41) is 5.69. The summed E-state index contributed by atoms with van der Waals surface area (Å²) in [6.07, 6.45) is 10.3. The van der Waals surface area contributed by atoms with E-state index in [2.05, 4.69) is 46.5 Å². The maximum atomic E-state index is 12.4. The zero-order valence-corrected chi connectivity index (χ0v) is 21.8. The summed E-state index contributed by atoms with van der Waals surface area (Å²) in [6, 6.07) is 18.6. The molecule has 190 valence electrons. The first-order valence-electron chi connectivity index (χ1n) is 12.8. The van der Waals surface area contributed by atoms with Crippen LogP contribution in [0, 0.1) is 0 Å². The molecule has 1 amide bonds. The number of benzene rings is 2. The summed E-state index contributed by atoms with van der Waals surface area (Å²) < 4.78 is 7.34. The molecule has 4 heterocycles. The van der Waals surface area contributed by atoms with Crippen LogP contribution in [-0.4, -0.2) is 49.3 Å². The van der Waals surface area contributed by atoms with Gasteiger partial charge in [-0.3, -0.25) is 4.98 Å². The molecule has 7 nitrogen and oxygen atoms in total. The molecule has 6 rings (SSSR count). The van der Waals surface area contributed by atoms with Gasteiger partial charge in [-0.1, -0.05) is 48.5 Å². The van der Waals surface area contributed by atoms with Gasteiger partial charge in [0, 0.05) is 48.2 Å². The quantitative estimate of drug-likeness (QED) is 0.276. The second-order valence-corrected chi connectivity index (χ2v) is 10.5. The number of carbonyl (C=O) groups excluding carboxylic acids is 1. The van der Waals surface area contributed by atoms with Crippen LogP contribution >= 0.6 is 0 Å². The van der Waals surface area contributed by atoms with Crippen LogP contribution in [0.15, 0.2) is 85.5 Å². The number of hydrogen-bond acceptors (Lipinski definition) is 5. The lowest BCUT2D eigenvalue weighted by Crippen LogP contribution is -2.39. The van der Waals surface area contributed by atoms with E-state index >= 15 is 0 Å². The van der Waals surface area contributed by atoms with Gasteiger partial charge in [0.1, 0.15) is 5.60 Å². The monoisotopic (exact) mass is 503 g/mol. The van der Waals surface area contributed by atoms with Crippen LogP contribution in [0.1, 0.15) is 32.8 Å². The summed E-state index contributed by atoms with van der Waals surface area (Å²) in [5.74, 6) is 0. The number of nitrogens with zero attached hydrogens (tertiary/aromatic N) is 5. The molecule has 38 heavy (non-hydrogen) atoms. The Morgan fingerprint density at radius 2 is 1.68 bits per heavy atom. The topological polar surface area (TPSA) is 72.6 Å². The molecule has 0 aliphatic carbocycles. The fourth-order valence-electron chi connectivity index (χ4n) is 4.84. The lowest BCUT2D eigenvalue weighted by Gasteiger charge is -2.29. The number of ether oxygens (including phenoxy) is 1. The second kappa shape index (κ2) is 9.41. The minimum atomic E-state index is -0.486. The first kappa shape index (κ1) is 23.9. The third kappa shape index (κ3) is 4.63. The average Bonchev–Trinajstić information content (AvgIpc) is 3.35. The zero-order chi connectivity index (χ0) is 26.3. The Labute approximate surface area is 221 Å². The standard InChI is InChI=1S/C31H29N5O2/c1-31(2,3)38-30(37)35-16-13-23(14-17-35)21-8-10-22(11-9-21)24-18-33-29-27(19-34-36(29)20-24)25-12-15-32-28-7-5-4-6-26(25)28/h4-13,15,18-20H,14,16-17H2,1-3H3. The smallest absolute Gasteiger partial charge is 0.410 e. The van der Waals surface area contributed by atoms with E-state index in [9.17, 15) is 4.79 Å². The van der Waals surface area contributed by atoms with Crippen molar-refractivity contribution in [2.45, 2.75) is 32.8 Å². The first-order valence-corrected chi connectivity index (χ1v) is 12.8. The number of amides is 1. The lowest BCUT2D eigenvalue weighted by molar-refractivity contribution is 0.0270. The highest BCUT2D eigenvalue weighted by Crippen LogP contribution is 2.31. The summed E-state index contributed by atoms with van der Waals surface area (Å²) in [7, 11) is 0. The fraction of sp³-hybridized carbons (Fsp3) is 0.226. The predicted molar refractivity (Wildman–Crippen MR) is 150 cm³/mol. The van der Waals surface area contributed by atoms with Gasteiger partial charge in [-0.05, 0) is 61.6 Å². The number of fused-ring (bicyclic) bond motifs is 2. The predicted octanol–water partition coefficient (Wildman–Crippen LogP) is 6.64. The van der Waals surface area contributed by atoms with Crippen molar-refractivity contribution in [1.82, 2.24) is 24.5 Å². The van der Waals surface area contributed by atoms with Crippen LogP contribution in [0.25, 0.3) is 44.4 Å². The molecule has 3 aromatic heterocycles. The summed E-state index contributed by atoms with van der Waals surface area (Å²) in [6.45, 7) is 6.87. The van der Waals surface area contributed by atoms with Gasteiger partial charge in [-0.2, -0.15) is 5.10 Å². The van der Waals surface area contributed by atoms with Gasteiger partial charge in [0.25, 0.3) is 0 Å². The Hall–Kier alpha value is -4.52. The molecular weight excluding hydrogens is 474 g/mol. The minimum Gasteiger partial charge on any atom is -0.444 e. The molecule has 5 aromatic rings. The number of aromatic nitrogens is 4. The van der Waals surface area contributed by atoms with Crippen LogP contribution in [0.4, 0.5) is 4.79 Å². The van der Waals surface area contributed by atoms with Crippen molar-refractivity contribution in [1.29, 1.82) is 0 Å². The van der Waals surface area contributed by atoms with Gasteiger partial charge in [0.05, 0.1) is 11.7 Å². The van der Waals surface area contributed by atoms with Crippen molar-refractivity contribution in [2.24, 2.45) is 0 Å². The molecule has 1 aliphatic heterocycles. The van der Waals surface area contributed by atoms with E-state index in [4.69, 9.17) is 9.72 Å². The molecule has 0 saturated heterocycles. The highest BCUT2D eigenvalue weighted by atomic mass is 16.6. The molecule has 2 aromatic carbocycles. The molecule has 0 spiro atoms. The average molecular weight is 504 g/mol. The highest BCUT2D eigenvalue weighted by molar-refractivity contribution is 5.97. The molecule has 0 fully saturated rings. The SMILES string of the molecule is CC(C)(C)OC(=O)N1CC=C(c2ccc(-c3cnc4c(-c5ccnc6ccccc56)cnn4c3)cc2)CC1. The van der Waals surface area contributed by atoms with Crippen molar-refractivity contribution >= 4 is 28.2 Å². The summed E-state index contributed by atoms with van der Waals surface area (Å²) >= 11 is 0. The molecule has 0 saturated carbocycles. The van der Waals surface area contributed by atoms with Crippen molar-refractivity contribution in [3.8, 4) is 22.3 Å². The minimum absolute atomic E-state index is 0.259. The number of rotatable bonds is 3. The molecule has 0 unspecified atom stereocenters. The van der Waals surface area contributed by atoms with Gasteiger partial charge in [0.15, 0.2) is 5.65 Å². The fourth-order valence-corrected chi connectivity index (χ4v) is 4.84. The molecule has 7 heteroatoms. The molecule has 0 atom stereocenters. The van der Waals surface area contributed by atoms with Gasteiger partial charge >= 0.3 is 6.09 Å². The van der Waals surface area contributed by atoms with E-state index in [1.807, 2.05) is 74.3 Å². The Morgan fingerprint density at radius 1 is 0.895 bits per heavy atom. The number of para-hydroxylation sites is 1. The highest BCUT2D eigenvalue weighted by Gasteiger charge is 2.24. The van der Waals surface area contributed by atoms with Crippen molar-refractivity contribution in [3.05, 3.63) is 91.0 Å². The maximum Gasteiger partial charge on any atom is 0.410 e. The Kier molecular flexibility index (Phi) is 5.91. The maximum absolute atomic E-state index is 12.4. The summed E-state index contributed by atoms with van der Waals surface area (Å²) in [4.78, 5) is 23.4. The molecule has 0 bridgehead atoms. The number of pyridine rings is 1. The zero-order valence-electron chi connectivity index (χ0n) is 21.8. The molecule has 0 N–H and O–H groups in total. The van der Waals surface area contributed by atoms with Crippen LogP contribution in [-0.2, 0) is 4.74 Å². The van der Waals surface area contributed by atoms with Crippen molar-refractivity contribution < 1.29 is 9.53 Å². The third-order valence-corrected chi connectivity index (χ3v) is 6.75. The van der Waals surface area contributed by atoms with Crippen LogP contribution < -0.4 is 0 Å². The van der Waals surface area contributed by atoms with Crippen LogP contribution in [0.3, 0.4) is 0 Å². The van der Waals surface area contributed by atoms with Gasteiger partial charge < -0.3 is 9.64 Å². The van der Waals surface area contributed by atoms with Crippen LogP contribution in [0.2, 0.25) is 0 Å². The second-order valence-electron chi connectivity index (χ2n) is 10.5. The molecular formula is C31H29N5O2. The normalized spacial score (nSPS) is 14.1. The largest absolute Gasteiger partial charge is 0.444 e. The van der Waals surface area contributed by atoms with Crippen LogP contribution in [0.5, 0.6) is 0 Å². The van der Waals surface area contributed by atoms with Gasteiger partial charge in [-0.25, -0.2) is 14.3 Å². The first-order chi connectivity index (χ1) is 18.4. The number of carbonyl (C=O) groups is 1. The van der Waals surface area contributed by atoms with Crippen molar-refractivity contribution in [2.75, 3.05) is 13.1 Å². The Balaban J connectivity index is 1.22. The lowest BCUT2D eigenvalue weighted by atomic mass is 9.97. The number of hydrogen-bond donors (Lipinski definition) is 0.